The number of amides is 1. The summed E-state index contributed by atoms with van der Waals surface area (Å²) in [6.07, 6.45) is 2.48. The van der Waals surface area contributed by atoms with Crippen molar-refractivity contribution in [3.63, 3.8) is 0 Å². The molecule has 2 heterocycles. The molecule has 0 radical (unpaired) electrons. The first-order valence-corrected chi connectivity index (χ1v) is 6.88. The minimum absolute atomic E-state index is 0.133. The number of pyridine rings is 1. The molecule has 100 valence electrons. The number of thiophene rings is 1. The van der Waals surface area contributed by atoms with E-state index in [1.165, 1.54) is 16.6 Å². The van der Waals surface area contributed by atoms with Gasteiger partial charge < -0.3 is 10.7 Å². The molecule has 0 aromatic carbocycles. The van der Waals surface area contributed by atoms with Gasteiger partial charge in [-0.05, 0) is 35.6 Å². The molecule has 2 aromatic heterocycles. The molecule has 0 fully saturated rings. The van der Waals surface area contributed by atoms with Crippen molar-refractivity contribution in [3.05, 3.63) is 45.8 Å². The van der Waals surface area contributed by atoms with Crippen LogP contribution in [0, 0.1) is 0 Å². The number of nitrogens with two attached hydrogens (primary N) is 1. The fraction of sp³-hybridized carbons (Fsp3) is 0.231. The molecule has 2 aromatic rings. The molecule has 0 saturated carbocycles. The number of aryl methyl sites for hydroxylation is 1. The van der Waals surface area contributed by atoms with Gasteiger partial charge in [0.1, 0.15) is 5.82 Å². The lowest BCUT2D eigenvalue weighted by Crippen LogP contribution is -2.23. The minimum Gasteiger partial charge on any atom is -0.347 e. The lowest BCUT2D eigenvalue weighted by Gasteiger charge is -2.06. The number of rotatable bonds is 5. The highest BCUT2D eigenvalue weighted by atomic mass is 32.1. The van der Waals surface area contributed by atoms with Gasteiger partial charge in [0.25, 0.3) is 5.91 Å². The van der Waals surface area contributed by atoms with Gasteiger partial charge in [-0.25, -0.2) is 10.8 Å². The molecule has 5 nitrogen and oxygen atoms in total. The van der Waals surface area contributed by atoms with Crippen molar-refractivity contribution < 1.29 is 4.79 Å². The first kappa shape index (κ1) is 13.5. The smallest absolute Gasteiger partial charge is 0.253 e. The number of anilines is 1. The van der Waals surface area contributed by atoms with Gasteiger partial charge in [-0.3, -0.25) is 4.79 Å². The molecular weight excluding hydrogens is 260 g/mol. The minimum atomic E-state index is -0.133. The number of hydrogen-bond acceptors (Lipinski definition) is 5. The molecule has 2 rings (SSSR count). The molecule has 4 N–H and O–H groups in total. The van der Waals surface area contributed by atoms with Crippen LogP contribution in [0.15, 0.2) is 29.8 Å². The van der Waals surface area contributed by atoms with Gasteiger partial charge in [0.2, 0.25) is 0 Å². The van der Waals surface area contributed by atoms with E-state index in [-0.39, 0.29) is 5.91 Å². The van der Waals surface area contributed by atoms with Crippen LogP contribution in [0.2, 0.25) is 0 Å². The van der Waals surface area contributed by atoms with E-state index >= 15 is 0 Å². The van der Waals surface area contributed by atoms with Crippen molar-refractivity contribution in [1.82, 2.24) is 10.3 Å². The number of nitrogen functional groups attached to an aromatic ring is 1. The summed E-state index contributed by atoms with van der Waals surface area (Å²) in [4.78, 5) is 17.1. The zero-order valence-corrected chi connectivity index (χ0v) is 11.5. The highest BCUT2D eigenvalue weighted by Crippen LogP contribution is 2.17. The Hall–Kier alpha value is -1.92. The van der Waals surface area contributed by atoms with Crippen LogP contribution in [0.25, 0.3) is 0 Å². The van der Waals surface area contributed by atoms with Crippen LogP contribution < -0.4 is 16.6 Å². The van der Waals surface area contributed by atoms with Crippen molar-refractivity contribution in [3.8, 4) is 0 Å². The number of hydrazine groups is 1. The number of hydrogen-bond donors (Lipinski definition) is 3. The fourth-order valence-corrected chi connectivity index (χ4v) is 2.63. The zero-order chi connectivity index (χ0) is 13.7. The SMILES string of the molecule is CCc1ccsc1CNC(=O)c1ccc(NN)nc1. The molecule has 0 bridgehead atoms. The molecule has 6 heteroatoms. The van der Waals surface area contributed by atoms with Crippen LogP contribution in [0.1, 0.15) is 27.7 Å². The number of nitrogens with one attached hydrogen (secondary N) is 2. The molecule has 0 unspecified atom stereocenters. The zero-order valence-electron chi connectivity index (χ0n) is 10.6. The third kappa shape index (κ3) is 3.30. The van der Waals surface area contributed by atoms with Crippen LogP contribution in [0.3, 0.4) is 0 Å². The maximum atomic E-state index is 11.9. The Morgan fingerprint density at radius 2 is 2.26 bits per heavy atom. The normalized spacial score (nSPS) is 10.2. The van der Waals surface area contributed by atoms with Gasteiger partial charge in [-0.1, -0.05) is 6.92 Å². The summed E-state index contributed by atoms with van der Waals surface area (Å²) in [5.74, 6) is 5.62. The maximum absolute atomic E-state index is 11.9. The first-order valence-electron chi connectivity index (χ1n) is 6.00. The fourth-order valence-electron chi connectivity index (χ4n) is 1.71. The highest BCUT2D eigenvalue weighted by molar-refractivity contribution is 7.10. The number of carbonyl (C=O) groups is 1. The van der Waals surface area contributed by atoms with Crippen molar-refractivity contribution in [2.45, 2.75) is 19.9 Å². The van der Waals surface area contributed by atoms with E-state index in [0.29, 0.717) is 17.9 Å². The van der Waals surface area contributed by atoms with Crippen LogP contribution >= 0.6 is 11.3 Å². The van der Waals surface area contributed by atoms with E-state index in [4.69, 9.17) is 5.84 Å². The lowest BCUT2D eigenvalue weighted by molar-refractivity contribution is 0.0951. The quantitative estimate of drug-likeness (QED) is 0.576. The second kappa shape index (κ2) is 6.31. The second-order valence-electron chi connectivity index (χ2n) is 3.98. The van der Waals surface area contributed by atoms with Crippen LogP contribution in [-0.4, -0.2) is 10.9 Å². The molecular formula is C13H16N4OS. The average Bonchev–Trinajstić information content (AvgIpc) is 2.92. The molecule has 0 aliphatic carbocycles. The Kier molecular flexibility index (Phi) is 4.48. The van der Waals surface area contributed by atoms with E-state index in [1.54, 1.807) is 23.5 Å². The van der Waals surface area contributed by atoms with Gasteiger partial charge in [0.15, 0.2) is 0 Å². The molecule has 19 heavy (non-hydrogen) atoms. The first-order chi connectivity index (χ1) is 9.24. The highest BCUT2D eigenvalue weighted by Gasteiger charge is 2.08. The monoisotopic (exact) mass is 276 g/mol. The summed E-state index contributed by atoms with van der Waals surface area (Å²) in [7, 11) is 0. The van der Waals surface area contributed by atoms with Crippen LogP contribution in [0.5, 0.6) is 0 Å². The number of nitrogens with zero attached hydrogens (tertiary/aromatic N) is 1. The standard InChI is InChI=1S/C13H16N4OS/c1-2-9-5-6-19-11(9)8-16-13(18)10-3-4-12(17-14)15-7-10/h3-7H,2,8,14H2,1H3,(H,15,17)(H,16,18). The van der Waals surface area contributed by atoms with Gasteiger partial charge in [0, 0.05) is 11.1 Å². The number of aromatic nitrogens is 1. The Balaban J connectivity index is 1.97. The molecule has 0 aliphatic heterocycles. The summed E-state index contributed by atoms with van der Waals surface area (Å²) >= 11 is 1.66. The van der Waals surface area contributed by atoms with Gasteiger partial charge in [-0.15, -0.1) is 11.3 Å². The number of carbonyl (C=O) groups excluding carboxylic acids is 1. The molecule has 1 amide bonds. The van der Waals surface area contributed by atoms with E-state index in [1.807, 2.05) is 5.38 Å². The largest absolute Gasteiger partial charge is 0.347 e. The molecule has 0 spiro atoms. The van der Waals surface area contributed by atoms with Crippen molar-refractivity contribution >= 4 is 23.1 Å². The van der Waals surface area contributed by atoms with E-state index < -0.39 is 0 Å². The predicted molar refractivity (Wildman–Crippen MR) is 76.9 cm³/mol. The van der Waals surface area contributed by atoms with Gasteiger partial charge in [-0.2, -0.15) is 0 Å². The third-order valence-corrected chi connectivity index (χ3v) is 3.76. The van der Waals surface area contributed by atoms with E-state index in [9.17, 15) is 4.79 Å². The Labute approximate surface area is 115 Å². The van der Waals surface area contributed by atoms with E-state index in [0.717, 1.165) is 6.42 Å². The van der Waals surface area contributed by atoms with Crippen molar-refractivity contribution in [1.29, 1.82) is 0 Å². The van der Waals surface area contributed by atoms with Crippen LogP contribution in [-0.2, 0) is 13.0 Å². The van der Waals surface area contributed by atoms with Crippen LogP contribution in [0.4, 0.5) is 5.82 Å². The summed E-state index contributed by atoms with van der Waals surface area (Å²) in [6.45, 7) is 2.66. The molecule has 0 saturated heterocycles. The Morgan fingerprint density at radius 3 is 2.89 bits per heavy atom. The molecule has 0 atom stereocenters. The van der Waals surface area contributed by atoms with Crippen molar-refractivity contribution in [2.24, 2.45) is 5.84 Å². The van der Waals surface area contributed by atoms with E-state index in [2.05, 4.69) is 28.7 Å². The average molecular weight is 276 g/mol. The summed E-state index contributed by atoms with van der Waals surface area (Å²) < 4.78 is 0. The lowest BCUT2D eigenvalue weighted by atomic mass is 10.2. The summed E-state index contributed by atoms with van der Waals surface area (Å²) in [6, 6.07) is 5.44. The Bertz CT molecular complexity index is 550. The van der Waals surface area contributed by atoms with Gasteiger partial charge >= 0.3 is 0 Å². The Morgan fingerprint density at radius 1 is 1.42 bits per heavy atom. The summed E-state index contributed by atoms with van der Waals surface area (Å²) in [5, 5.41) is 4.94. The topological polar surface area (TPSA) is 80.0 Å². The summed E-state index contributed by atoms with van der Waals surface area (Å²) in [5.41, 5.74) is 4.23. The predicted octanol–water partition coefficient (Wildman–Crippen LogP) is 1.92. The van der Waals surface area contributed by atoms with Crippen molar-refractivity contribution in [2.75, 3.05) is 5.43 Å². The second-order valence-corrected chi connectivity index (χ2v) is 4.98. The van der Waals surface area contributed by atoms with Gasteiger partial charge in [0.05, 0.1) is 12.1 Å². The molecule has 0 aliphatic rings. The maximum Gasteiger partial charge on any atom is 0.253 e. The third-order valence-electron chi connectivity index (χ3n) is 2.80.